The summed E-state index contributed by atoms with van der Waals surface area (Å²) in [5, 5.41) is 11.2. The molecule has 1 saturated heterocycles. The number of nitrogens with zero attached hydrogens (tertiary/aromatic N) is 1. The minimum Gasteiger partial charge on any atom is -0.395 e. The van der Waals surface area contributed by atoms with Gasteiger partial charge in [-0.15, -0.1) is 0 Å². The monoisotopic (exact) mass is 200 g/mol. The van der Waals surface area contributed by atoms with Crippen molar-refractivity contribution in [2.24, 2.45) is 5.92 Å². The molecule has 1 aliphatic rings. The molecule has 1 fully saturated rings. The summed E-state index contributed by atoms with van der Waals surface area (Å²) in [4.78, 5) is 13.5. The number of aliphatic hydroxyl groups excluding tert-OH is 1. The number of amides is 1. The minimum atomic E-state index is 0.0160. The fraction of sp³-hybridized carbons (Fsp3) is 0.900. The quantitative estimate of drug-likeness (QED) is 0.662. The predicted octanol–water partition coefficient (Wildman–Crippen LogP) is -0.173. The topological polar surface area (TPSA) is 52.6 Å². The Hall–Kier alpha value is -0.610. The van der Waals surface area contributed by atoms with Crippen LogP contribution in [0.4, 0.5) is 0 Å². The number of piperidine rings is 1. The largest absolute Gasteiger partial charge is 0.395 e. The summed E-state index contributed by atoms with van der Waals surface area (Å²) in [6.45, 7) is 5.12. The van der Waals surface area contributed by atoms with Crippen LogP contribution < -0.4 is 5.32 Å². The highest BCUT2D eigenvalue weighted by molar-refractivity contribution is 5.77. The molecule has 14 heavy (non-hydrogen) atoms. The second-order valence-electron chi connectivity index (χ2n) is 4.06. The maximum Gasteiger partial charge on any atom is 0.234 e. The van der Waals surface area contributed by atoms with Crippen LogP contribution in [0, 0.1) is 5.92 Å². The van der Waals surface area contributed by atoms with Gasteiger partial charge in [-0.05, 0) is 25.3 Å². The molecule has 0 aliphatic carbocycles. The summed E-state index contributed by atoms with van der Waals surface area (Å²) in [7, 11) is 0. The highest BCUT2D eigenvalue weighted by Crippen LogP contribution is 2.14. The molecule has 0 aromatic heterocycles. The first-order valence-corrected chi connectivity index (χ1v) is 5.32. The van der Waals surface area contributed by atoms with Gasteiger partial charge in [-0.1, -0.05) is 6.92 Å². The van der Waals surface area contributed by atoms with Crippen molar-refractivity contribution in [3.8, 4) is 0 Å². The molecule has 0 saturated carbocycles. The number of carbonyl (C=O) groups is 1. The molecule has 2 N–H and O–H groups in total. The Morgan fingerprint density at radius 2 is 2.43 bits per heavy atom. The van der Waals surface area contributed by atoms with Crippen LogP contribution in [0.2, 0.25) is 0 Å². The Bertz CT molecular complexity index is 185. The average Bonchev–Trinajstić information content (AvgIpc) is 2.15. The fourth-order valence-corrected chi connectivity index (χ4v) is 1.88. The third kappa shape index (κ3) is 4.07. The standard InChI is InChI=1S/C10H20N2O2/c1-9-3-2-5-12(7-9)8-10(14)11-4-6-13/h9,13H,2-8H2,1H3,(H,11,14). The van der Waals surface area contributed by atoms with E-state index in [1.807, 2.05) is 0 Å². The molecule has 0 aromatic rings. The first kappa shape index (κ1) is 11.5. The van der Waals surface area contributed by atoms with Crippen LogP contribution in [-0.2, 0) is 4.79 Å². The molecule has 0 radical (unpaired) electrons. The Balaban J connectivity index is 2.18. The van der Waals surface area contributed by atoms with Crippen molar-refractivity contribution in [1.82, 2.24) is 10.2 Å². The molecule has 82 valence electrons. The van der Waals surface area contributed by atoms with Crippen LogP contribution in [0.1, 0.15) is 19.8 Å². The molecule has 0 bridgehead atoms. The lowest BCUT2D eigenvalue weighted by Gasteiger charge is -2.30. The van der Waals surface area contributed by atoms with E-state index >= 15 is 0 Å². The Kier molecular flexibility index (Phi) is 4.90. The van der Waals surface area contributed by atoms with Crippen molar-refractivity contribution >= 4 is 5.91 Å². The van der Waals surface area contributed by atoms with Crippen LogP contribution in [-0.4, -0.2) is 48.7 Å². The molecular formula is C10H20N2O2. The van der Waals surface area contributed by atoms with Gasteiger partial charge < -0.3 is 10.4 Å². The van der Waals surface area contributed by atoms with Gasteiger partial charge in [0.15, 0.2) is 0 Å². The number of hydrogen-bond acceptors (Lipinski definition) is 3. The Morgan fingerprint density at radius 1 is 1.64 bits per heavy atom. The second-order valence-corrected chi connectivity index (χ2v) is 4.06. The zero-order chi connectivity index (χ0) is 10.4. The van der Waals surface area contributed by atoms with Crippen LogP contribution in [0.25, 0.3) is 0 Å². The molecule has 0 aromatic carbocycles. The number of rotatable bonds is 4. The Labute approximate surface area is 85.3 Å². The highest BCUT2D eigenvalue weighted by Gasteiger charge is 2.17. The van der Waals surface area contributed by atoms with E-state index in [0.717, 1.165) is 13.1 Å². The van der Waals surface area contributed by atoms with Gasteiger partial charge in [0.2, 0.25) is 5.91 Å². The van der Waals surface area contributed by atoms with Crippen molar-refractivity contribution in [3.63, 3.8) is 0 Å². The van der Waals surface area contributed by atoms with Crippen molar-refractivity contribution in [1.29, 1.82) is 0 Å². The number of aliphatic hydroxyl groups is 1. The van der Waals surface area contributed by atoms with Crippen molar-refractivity contribution in [2.45, 2.75) is 19.8 Å². The van der Waals surface area contributed by atoms with Gasteiger partial charge in [0.1, 0.15) is 0 Å². The van der Waals surface area contributed by atoms with Crippen LogP contribution in [0.15, 0.2) is 0 Å². The third-order valence-corrected chi connectivity index (χ3v) is 2.54. The van der Waals surface area contributed by atoms with E-state index in [1.165, 1.54) is 12.8 Å². The van der Waals surface area contributed by atoms with Gasteiger partial charge in [-0.3, -0.25) is 9.69 Å². The van der Waals surface area contributed by atoms with Crippen molar-refractivity contribution in [2.75, 3.05) is 32.8 Å². The van der Waals surface area contributed by atoms with Gasteiger partial charge in [0.25, 0.3) is 0 Å². The lowest BCUT2D eigenvalue weighted by atomic mass is 10.0. The lowest BCUT2D eigenvalue weighted by molar-refractivity contribution is -0.122. The second kappa shape index (κ2) is 5.98. The summed E-state index contributed by atoms with van der Waals surface area (Å²) >= 11 is 0. The molecule has 1 unspecified atom stereocenters. The molecule has 1 aliphatic heterocycles. The predicted molar refractivity (Wildman–Crippen MR) is 54.9 cm³/mol. The molecule has 1 amide bonds. The van der Waals surface area contributed by atoms with Gasteiger partial charge in [-0.25, -0.2) is 0 Å². The van der Waals surface area contributed by atoms with Crippen molar-refractivity contribution in [3.05, 3.63) is 0 Å². The highest BCUT2D eigenvalue weighted by atomic mass is 16.3. The maximum atomic E-state index is 11.3. The van der Waals surface area contributed by atoms with Crippen molar-refractivity contribution < 1.29 is 9.90 Å². The van der Waals surface area contributed by atoms with Crippen LogP contribution in [0.5, 0.6) is 0 Å². The molecule has 0 spiro atoms. The number of hydrogen-bond donors (Lipinski definition) is 2. The van der Waals surface area contributed by atoms with E-state index in [-0.39, 0.29) is 12.5 Å². The number of carbonyl (C=O) groups excluding carboxylic acids is 1. The van der Waals surface area contributed by atoms with E-state index in [4.69, 9.17) is 5.11 Å². The van der Waals surface area contributed by atoms with E-state index in [9.17, 15) is 4.79 Å². The molecule has 1 rings (SSSR count). The van der Waals surface area contributed by atoms with Gasteiger partial charge >= 0.3 is 0 Å². The molecule has 1 heterocycles. The first-order valence-electron chi connectivity index (χ1n) is 5.32. The zero-order valence-electron chi connectivity index (χ0n) is 8.83. The molecular weight excluding hydrogens is 180 g/mol. The van der Waals surface area contributed by atoms with Crippen LogP contribution >= 0.6 is 0 Å². The normalized spacial score (nSPS) is 23.4. The molecule has 4 nitrogen and oxygen atoms in total. The lowest BCUT2D eigenvalue weighted by Crippen LogP contribution is -2.42. The minimum absolute atomic E-state index is 0.0160. The molecule has 1 atom stereocenters. The van der Waals surface area contributed by atoms with Gasteiger partial charge in [0, 0.05) is 13.1 Å². The van der Waals surface area contributed by atoms with E-state index in [1.54, 1.807) is 0 Å². The van der Waals surface area contributed by atoms with E-state index in [2.05, 4.69) is 17.1 Å². The SMILES string of the molecule is CC1CCCN(CC(=O)NCCO)C1. The first-order chi connectivity index (χ1) is 6.72. The zero-order valence-corrected chi connectivity index (χ0v) is 8.83. The average molecular weight is 200 g/mol. The summed E-state index contributed by atoms with van der Waals surface area (Å²) in [5.74, 6) is 0.725. The summed E-state index contributed by atoms with van der Waals surface area (Å²) < 4.78 is 0. The van der Waals surface area contributed by atoms with E-state index < -0.39 is 0 Å². The summed E-state index contributed by atoms with van der Waals surface area (Å²) in [6, 6.07) is 0. The van der Waals surface area contributed by atoms with Gasteiger partial charge in [-0.2, -0.15) is 0 Å². The van der Waals surface area contributed by atoms with Crippen LogP contribution in [0.3, 0.4) is 0 Å². The smallest absolute Gasteiger partial charge is 0.234 e. The van der Waals surface area contributed by atoms with Gasteiger partial charge in [0.05, 0.1) is 13.2 Å². The summed E-state index contributed by atoms with van der Waals surface area (Å²) in [6.07, 6.45) is 2.46. The number of nitrogens with one attached hydrogen (secondary N) is 1. The fourth-order valence-electron chi connectivity index (χ4n) is 1.88. The third-order valence-electron chi connectivity index (χ3n) is 2.54. The summed E-state index contributed by atoms with van der Waals surface area (Å²) in [5.41, 5.74) is 0. The van der Waals surface area contributed by atoms with E-state index in [0.29, 0.717) is 19.0 Å². The Morgan fingerprint density at radius 3 is 3.07 bits per heavy atom. The number of likely N-dealkylation sites (tertiary alicyclic amines) is 1. The maximum absolute atomic E-state index is 11.3. The molecule has 4 heteroatoms.